The van der Waals surface area contributed by atoms with E-state index in [4.69, 9.17) is 4.74 Å². The quantitative estimate of drug-likeness (QED) is 0.335. The molecule has 2 aromatic carbocycles. The van der Waals surface area contributed by atoms with Crippen molar-refractivity contribution in [2.75, 3.05) is 5.32 Å². The Morgan fingerprint density at radius 3 is 2.36 bits per heavy atom. The third-order valence-electron chi connectivity index (χ3n) is 4.38. The molecule has 1 atom stereocenters. The molecule has 160 valence electrons. The van der Waals surface area contributed by atoms with E-state index in [1.165, 1.54) is 13.2 Å². The molecule has 33 heavy (non-hydrogen) atoms. The number of rotatable bonds is 7. The maximum absolute atomic E-state index is 12.4. The van der Waals surface area contributed by atoms with Crippen LogP contribution in [-0.4, -0.2) is 16.6 Å². The van der Waals surface area contributed by atoms with Gasteiger partial charge in [0.05, 0.1) is 6.04 Å². The van der Waals surface area contributed by atoms with Gasteiger partial charge in [0.1, 0.15) is 17.2 Å². The topological polar surface area (TPSA) is 136 Å². The number of hydrogen-bond donors (Lipinski definition) is 2. The van der Waals surface area contributed by atoms with Crippen molar-refractivity contribution in [3.63, 3.8) is 0 Å². The van der Waals surface area contributed by atoms with Crippen molar-refractivity contribution in [3.8, 4) is 17.2 Å². The summed E-state index contributed by atoms with van der Waals surface area (Å²) in [4.78, 5) is 35.7. The van der Waals surface area contributed by atoms with E-state index in [0.717, 1.165) is 10.6 Å². The maximum atomic E-state index is 12.4. The molecule has 3 rings (SSSR count). The normalized spacial score (nSPS) is 10.7. The van der Waals surface area contributed by atoms with Gasteiger partial charge in [-0.25, -0.2) is 4.79 Å². The maximum Gasteiger partial charge on any atom is 1.00 e. The van der Waals surface area contributed by atoms with E-state index < -0.39 is 41.5 Å². The molecule has 9 nitrogen and oxygen atoms in total. The van der Waals surface area contributed by atoms with Crippen molar-refractivity contribution in [1.82, 2.24) is 9.88 Å². The van der Waals surface area contributed by atoms with Gasteiger partial charge < -0.3 is 34.9 Å². The SMILES string of the molecule is Cn1ccc([O-])c(NC(=O)N[C@@H](CC(=O)[O-])c2cccc(Oc3ccccc3)c2)c1=O.[Na+].[Na+]. The third kappa shape index (κ3) is 8.22. The Kier molecular flexibility index (Phi) is 11.7. The first-order valence-corrected chi connectivity index (χ1v) is 9.30. The summed E-state index contributed by atoms with van der Waals surface area (Å²) in [6.45, 7) is 0. The summed E-state index contributed by atoms with van der Waals surface area (Å²) in [7, 11) is 1.43. The number of carboxylic acids is 1. The van der Waals surface area contributed by atoms with Crippen LogP contribution in [0.4, 0.5) is 10.5 Å². The van der Waals surface area contributed by atoms with Crippen molar-refractivity contribution in [3.05, 3.63) is 82.8 Å². The molecular weight excluding hydrogens is 448 g/mol. The fourth-order valence-electron chi connectivity index (χ4n) is 2.87. The second kappa shape index (κ2) is 13.4. The number of aliphatic carboxylic acids is 1. The molecule has 0 bridgehead atoms. The molecule has 2 amide bonds. The van der Waals surface area contributed by atoms with Gasteiger partial charge in [-0.15, -0.1) is 0 Å². The molecule has 1 aromatic heterocycles. The number of carbonyl (C=O) groups excluding carboxylic acids is 2. The van der Waals surface area contributed by atoms with Crippen LogP contribution in [0.3, 0.4) is 0 Å². The zero-order valence-corrected chi connectivity index (χ0v) is 22.5. The number of aryl methyl sites for hydroxylation is 1. The summed E-state index contributed by atoms with van der Waals surface area (Å²) >= 11 is 0. The Morgan fingerprint density at radius 1 is 1.03 bits per heavy atom. The molecule has 2 N–H and O–H groups in total. The van der Waals surface area contributed by atoms with Gasteiger partial charge in [0, 0.05) is 25.6 Å². The van der Waals surface area contributed by atoms with Crippen LogP contribution in [0.1, 0.15) is 18.0 Å². The molecule has 3 aromatic rings. The van der Waals surface area contributed by atoms with Crippen LogP contribution in [0, 0.1) is 0 Å². The van der Waals surface area contributed by atoms with Crippen LogP contribution in [0.25, 0.3) is 0 Å². The smallest absolute Gasteiger partial charge is 0.871 e. The number of nitrogens with zero attached hydrogens (tertiary/aromatic N) is 1. The number of nitrogens with one attached hydrogen (secondary N) is 2. The monoisotopic (exact) mass is 467 g/mol. The van der Waals surface area contributed by atoms with Crippen molar-refractivity contribution in [2.24, 2.45) is 7.05 Å². The number of benzene rings is 2. The van der Waals surface area contributed by atoms with Gasteiger partial charge in [-0.3, -0.25) is 4.79 Å². The minimum absolute atomic E-state index is 0. The number of carboxylic acid groups (broad SMARTS) is 1. The molecule has 0 aliphatic rings. The number of urea groups is 1. The standard InChI is InChI=1S/C22H21N3O6.2Na/c1-25-11-10-18(26)20(21(25)29)24-22(30)23-17(13-19(27)28)14-6-5-9-16(12-14)31-15-7-3-2-4-8-15;;/h2-12,17,26H,13H2,1H3,(H,27,28)(H2,23,24,30);;/q;2*+1/p-2/t17-;;/m0../s1. The van der Waals surface area contributed by atoms with E-state index in [9.17, 15) is 24.6 Å². The predicted molar refractivity (Wildman–Crippen MR) is 109 cm³/mol. The average Bonchev–Trinajstić information content (AvgIpc) is 2.74. The van der Waals surface area contributed by atoms with E-state index in [0.29, 0.717) is 17.1 Å². The van der Waals surface area contributed by atoms with Gasteiger partial charge in [-0.05, 0) is 29.8 Å². The van der Waals surface area contributed by atoms with Crippen LogP contribution >= 0.6 is 0 Å². The third-order valence-corrected chi connectivity index (χ3v) is 4.38. The molecule has 0 spiro atoms. The summed E-state index contributed by atoms with van der Waals surface area (Å²) in [5.41, 5.74) is -0.677. The summed E-state index contributed by atoms with van der Waals surface area (Å²) < 4.78 is 6.88. The number of hydrogen-bond acceptors (Lipinski definition) is 6. The number of para-hydroxylation sites is 1. The van der Waals surface area contributed by atoms with Gasteiger partial charge in [0.15, 0.2) is 0 Å². The van der Waals surface area contributed by atoms with E-state index in [-0.39, 0.29) is 59.1 Å². The van der Waals surface area contributed by atoms with Gasteiger partial charge in [-0.2, -0.15) is 0 Å². The van der Waals surface area contributed by atoms with Crippen LogP contribution in [0.15, 0.2) is 71.7 Å². The molecule has 0 saturated heterocycles. The minimum atomic E-state index is -1.39. The fourth-order valence-corrected chi connectivity index (χ4v) is 2.87. The second-order valence-corrected chi connectivity index (χ2v) is 6.69. The molecule has 1 heterocycles. The van der Waals surface area contributed by atoms with E-state index in [1.54, 1.807) is 36.4 Å². The summed E-state index contributed by atoms with van der Waals surface area (Å²) in [5.74, 6) is -1.02. The number of aromatic nitrogens is 1. The van der Waals surface area contributed by atoms with Gasteiger partial charge in [0.2, 0.25) is 0 Å². The Hall–Kier alpha value is -2.27. The molecule has 0 aliphatic carbocycles. The fraction of sp³-hybridized carbons (Fsp3) is 0.136. The Morgan fingerprint density at radius 2 is 1.70 bits per heavy atom. The first-order valence-electron chi connectivity index (χ1n) is 9.30. The van der Waals surface area contributed by atoms with Crippen LogP contribution in [0.2, 0.25) is 0 Å². The van der Waals surface area contributed by atoms with Crippen LogP contribution in [0.5, 0.6) is 17.2 Å². The van der Waals surface area contributed by atoms with Crippen LogP contribution < -0.4 is 90.3 Å². The van der Waals surface area contributed by atoms with Crippen molar-refractivity contribution < 1.29 is 83.7 Å². The molecule has 0 radical (unpaired) electrons. The first kappa shape index (κ1) is 28.8. The van der Waals surface area contributed by atoms with E-state index >= 15 is 0 Å². The summed E-state index contributed by atoms with van der Waals surface area (Å²) in [6, 6.07) is 14.8. The molecule has 0 saturated carbocycles. The largest absolute Gasteiger partial charge is 1.00 e. The zero-order chi connectivity index (χ0) is 22.4. The second-order valence-electron chi connectivity index (χ2n) is 6.69. The number of ether oxygens (including phenoxy) is 1. The Bertz CT molecular complexity index is 1150. The number of carbonyl (C=O) groups is 2. The number of amides is 2. The van der Waals surface area contributed by atoms with Gasteiger partial charge in [0.25, 0.3) is 5.56 Å². The molecule has 0 aliphatic heterocycles. The first-order chi connectivity index (χ1) is 14.8. The van der Waals surface area contributed by atoms with E-state index in [1.807, 2.05) is 18.2 Å². The van der Waals surface area contributed by atoms with Crippen LogP contribution in [-0.2, 0) is 11.8 Å². The molecule has 11 heteroatoms. The zero-order valence-electron chi connectivity index (χ0n) is 18.5. The summed E-state index contributed by atoms with van der Waals surface area (Å²) in [5, 5.41) is 27.8. The Labute approximate surface area is 234 Å². The van der Waals surface area contributed by atoms with Crippen molar-refractivity contribution in [2.45, 2.75) is 12.5 Å². The van der Waals surface area contributed by atoms with Crippen molar-refractivity contribution in [1.29, 1.82) is 0 Å². The summed E-state index contributed by atoms with van der Waals surface area (Å²) in [6.07, 6.45) is 0.754. The van der Waals surface area contributed by atoms with E-state index in [2.05, 4.69) is 10.6 Å². The number of pyridine rings is 1. The molecular formula is C22H19N3Na2O6. The van der Waals surface area contributed by atoms with Gasteiger partial charge >= 0.3 is 65.1 Å². The molecule has 0 fully saturated rings. The average molecular weight is 467 g/mol. The minimum Gasteiger partial charge on any atom is -0.871 e. The van der Waals surface area contributed by atoms with Gasteiger partial charge in [-0.1, -0.05) is 42.1 Å². The van der Waals surface area contributed by atoms with Crippen molar-refractivity contribution >= 4 is 17.7 Å². The predicted octanol–water partition coefficient (Wildman–Crippen LogP) is -4.74. The Balaban J connectivity index is 0.00000272. The number of anilines is 1. The molecule has 0 unspecified atom stereocenters.